The first-order valence-corrected chi connectivity index (χ1v) is 10.0. The largest absolute Gasteiger partial charge is 0.491 e. The van der Waals surface area contributed by atoms with Gasteiger partial charge in [0.05, 0.1) is 41.7 Å². The molecular formula is C20H12ClN5O4S. The van der Waals surface area contributed by atoms with Gasteiger partial charge < -0.3 is 9.84 Å². The molecule has 1 N–H and O–H groups in total. The molecule has 0 bridgehead atoms. The molecule has 4 aromatic rings. The van der Waals surface area contributed by atoms with Gasteiger partial charge in [0.1, 0.15) is 34.0 Å². The van der Waals surface area contributed by atoms with Gasteiger partial charge in [0.25, 0.3) is 5.56 Å². The zero-order chi connectivity index (χ0) is 22.0. The molecule has 4 rings (SSSR count). The number of nitrogens with zero attached hydrogens (tertiary/aromatic N) is 5. The molecule has 0 aliphatic heterocycles. The first kappa shape index (κ1) is 20.5. The van der Waals surface area contributed by atoms with Crippen LogP contribution in [0.4, 0.5) is 0 Å². The molecule has 154 valence electrons. The van der Waals surface area contributed by atoms with Crippen molar-refractivity contribution >= 4 is 39.8 Å². The van der Waals surface area contributed by atoms with Crippen molar-refractivity contribution in [1.82, 2.24) is 19.5 Å². The number of fused-ring (bicyclic) bond motifs is 1. The second-order valence-electron chi connectivity index (χ2n) is 6.27. The maximum atomic E-state index is 12.7. The first-order valence-electron chi connectivity index (χ1n) is 8.83. The van der Waals surface area contributed by atoms with E-state index in [-0.39, 0.29) is 29.3 Å². The van der Waals surface area contributed by atoms with E-state index < -0.39 is 5.97 Å². The van der Waals surface area contributed by atoms with Gasteiger partial charge in [0.2, 0.25) is 0 Å². The number of benzene rings is 1. The summed E-state index contributed by atoms with van der Waals surface area (Å²) in [6, 6.07) is 8.25. The number of carboxylic acids is 1. The van der Waals surface area contributed by atoms with Crippen molar-refractivity contribution in [3.05, 3.63) is 68.9 Å². The topological polar surface area (TPSA) is 131 Å². The van der Waals surface area contributed by atoms with Gasteiger partial charge in [-0.3, -0.25) is 9.36 Å². The minimum absolute atomic E-state index is 0.0981. The molecule has 0 unspecified atom stereocenters. The highest BCUT2D eigenvalue weighted by atomic mass is 35.5. The van der Waals surface area contributed by atoms with Gasteiger partial charge >= 0.3 is 5.97 Å². The fourth-order valence-electron chi connectivity index (χ4n) is 2.83. The lowest BCUT2D eigenvalue weighted by molar-refractivity contribution is 0.0702. The molecular weight excluding hydrogens is 442 g/mol. The molecule has 0 amide bonds. The number of ether oxygens (including phenoxy) is 1. The molecule has 0 radical (unpaired) electrons. The maximum absolute atomic E-state index is 12.7. The van der Waals surface area contributed by atoms with Crippen LogP contribution < -0.4 is 10.3 Å². The fourth-order valence-corrected chi connectivity index (χ4v) is 3.78. The van der Waals surface area contributed by atoms with Gasteiger partial charge in [-0.2, -0.15) is 5.26 Å². The SMILES string of the molecule is N#Cc1cc2c(=O)n(CCOc3ccc(Cl)cc3-c3ncc(C(=O)O)s3)cnc2cn1. The number of nitriles is 1. The van der Waals surface area contributed by atoms with E-state index in [0.717, 1.165) is 11.3 Å². The number of thiazole rings is 1. The van der Waals surface area contributed by atoms with Gasteiger partial charge in [-0.1, -0.05) is 11.6 Å². The molecule has 0 aliphatic rings. The maximum Gasteiger partial charge on any atom is 0.347 e. The summed E-state index contributed by atoms with van der Waals surface area (Å²) in [6.45, 7) is 0.335. The minimum atomic E-state index is -1.06. The van der Waals surface area contributed by atoms with Crippen LogP contribution in [0.25, 0.3) is 21.5 Å². The predicted molar refractivity (Wildman–Crippen MR) is 114 cm³/mol. The van der Waals surface area contributed by atoms with Crippen molar-refractivity contribution in [3.8, 4) is 22.4 Å². The molecule has 0 atom stereocenters. The van der Waals surface area contributed by atoms with Crippen LogP contribution in [0.1, 0.15) is 15.4 Å². The Morgan fingerprint density at radius 3 is 2.84 bits per heavy atom. The molecule has 11 heteroatoms. The molecule has 0 saturated carbocycles. The zero-order valence-corrected chi connectivity index (χ0v) is 17.2. The molecule has 3 heterocycles. The lowest BCUT2D eigenvalue weighted by atomic mass is 10.2. The van der Waals surface area contributed by atoms with Crippen molar-refractivity contribution in [3.63, 3.8) is 0 Å². The second kappa shape index (κ2) is 8.51. The number of carboxylic acid groups (broad SMARTS) is 1. The number of hydrogen-bond acceptors (Lipinski definition) is 8. The normalized spacial score (nSPS) is 10.7. The van der Waals surface area contributed by atoms with Gasteiger partial charge in [0.15, 0.2) is 0 Å². The Balaban J connectivity index is 1.56. The van der Waals surface area contributed by atoms with Crippen molar-refractivity contribution < 1.29 is 14.6 Å². The third-order valence-corrected chi connectivity index (χ3v) is 5.56. The van der Waals surface area contributed by atoms with E-state index in [2.05, 4.69) is 15.0 Å². The second-order valence-corrected chi connectivity index (χ2v) is 7.73. The van der Waals surface area contributed by atoms with Crippen molar-refractivity contribution in [1.29, 1.82) is 5.26 Å². The van der Waals surface area contributed by atoms with Crippen molar-refractivity contribution in [2.45, 2.75) is 6.54 Å². The first-order chi connectivity index (χ1) is 15.0. The summed E-state index contributed by atoms with van der Waals surface area (Å²) >= 11 is 7.10. The van der Waals surface area contributed by atoms with Gasteiger partial charge in [-0.15, -0.1) is 11.3 Å². The highest BCUT2D eigenvalue weighted by Crippen LogP contribution is 2.35. The summed E-state index contributed by atoms with van der Waals surface area (Å²) in [5, 5.41) is 19.3. The van der Waals surface area contributed by atoms with E-state index in [4.69, 9.17) is 26.7 Å². The van der Waals surface area contributed by atoms with Gasteiger partial charge in [-0.25, -0.2) is 19.7 Å². The van der Waals surface area contributed by atoms with Crippen molar-refractivity contribution in [2.75, 3.05) is 6.61 Å². The van der Waals surface area contributed by atoms with Crippen LogP contribution in [0.15, 0.2) is 47.8 Å². The van der Waals surface area contributed by atoms with Crippen LogP contribution in [0, 0.1) is 11.3 Å². The Kier molecular flexibility index (Phi) is 5.62. The third-order valence-electron chi connectivity index (χ3n) is 4.30. The highest BCUT2D eigenvalue weighted by Gasteiger charge is 2.15. The van der Waals surface area contributed by atoms with Gasteiger partial charge in [0, 0.05) is 5.02 Å². The van der Waals surface area contributed by atoms with Crippen LogP contribution >= 0.6 is 22.9 Å². The average molecular weight is 454 g/mol. The van der Waals surface area contributed by atoms with Crippen LogP contribution in [-0.4, -0.2) is 37.2 Å². The molecule has 0 aliphatic carbocycles. The van der Waals surface area contributed by atoms with Crippen LogP contribution in [-0.2, 0) is 6.54 Å². The van der Waals surface area contributed by atoms with E-state index in [0.29, 0.717) is 32.2 Å². The Hall–Kier alpha value is -3.81. The molecule has 31 heavy (non-hydrogen) atoms. The molecule has 0 spiro atoms. The summed E-state index contributed by atoms with van der Waals surface area (Å²) in [7, 11) is 0. The minimum Gasteiger partial charge on any atom is -0.491 e. The van der Waals surface area contributed by atoms with E-state index in [1.807, 2.05) is 6.07 Å². The zero-order valence-electron chi connectivity index (χ0n) is 15.6. The fraction of sp³-hybridized carbons (Fsp3) is 0.100. The monoisotopic (exact) mass is 453 g/mol. The summed E-state index contributed by atoms with van der Waals surface area (Å²) in [4.78, 5) is 36.2. The number of rotatable bonds is 6. The lowest BCUT2D eigenvalue weighted by Gasteiger charge is -2.12. The van der Waals surface area contributed by atoms with Crippen LogP contribution in [0.3, 0.4) is 0 Å². The Morgan fingerprint density at radius 2 is 2.10 bits per heavy atom. The highest BCUT2D eigenvalue weighted by molar-refractivity contribution is 7.16. The summed E-state index contributed by atoms with van der Waals surface area (Å²) in [6.07, 6.45) is 4.05. The number of carbonyl (C=O) groups is 1. The Morgan fingerprint density at radius 1 is 1.26 bits per heavy atom. The number of aromatic carboxylic acids is 1. The molecule has 9 nitrogen and oxygen atoms in total. The lowest BCUT2D eigenvalue weighted by Crippen LogP contribution is -2.23. The van der Waals surface area contributed by atoms with Crippen molar-refractivity contribution in [2.24, 2.45) is 0 Å². The summed E-state index contributed by atoms with van der Waals surface area (Å²) in [5.74, 6) is -0.611. The average Bonchev–Trinajstić information content (AvgIpc) is 3.26. The molecule has 1 aromatic carbocycles. The van der Waals surface area contributed by atoms with Crippen LogP contribution in [0.5, 0.6) is 5.75 Å². The summed E-state index contributed by atoms with van der Waals surface area (Å²) in [5.41, 5.74) is 0.781. The standard InChI is InChI=1S/C20H12ClN5O4S/c21-11-1-2-16(14(5-11)18-24-9-17(31-18)20(28)29)30-4-3-26-10-25-15-8-23-12(7-22)6-13(15)19(26)27/h1-2,5-6,8-10H,3-4H2,(H,28,29). The molecule has 3 aromatic heterocycles. The Bertz CT molecular complexity index is 1410. The van der Waals surface area contributed by atoms with Gasteiger partial charge in [-0.05, 0) is 24.3 Å². The number of pyridine rings is 1. The quantitative estimate of drug-likeness (QED) is 0.470. The molecule has 0 fully saturated rings. The predicted octanol–water partition coefficient (Wildman–Crippen LogP) is 3.22. The molecule has 0 saturated heterocycles. The number of hydrogen-bond donors (Lipinski definition) is 1. The third kappa shape index (κ3) is 4.23. The van der Waals surface area contributed by atoms with E-state index >= 15 is 0 Å². The number of halogens is 1. The van der Waals surface area contributed by atoms with E-state index in [1.54, 1.807) is 18.2 Å². The number of aromatic nitrogens is 4. The van der Waals surface area contributed by atoms with Crippen LogP contribution in [0.2, 0.25) is 5.02 Å². The Labute approximate surface area is 183 Å². The van der Waals surface area contributed by atoms with E-state index in [9.17, 15) is 9.59 Å². The summed E-state index contributed by atoms with van der Waals surface area (Å²) < 4.78 is 7.22. The smallest absolute Gasteiger partial charge is 0.347 e. The van der Waals surface area contributed by atoms with E-state index in [1.165, 1.54) is 29.4 Å².